The maximum atomic E-state index is 13.4. The lowest BCUT2D eigenvalue weighted by atomic mass is 10.1. The molecule has 0 aliphatic heterocycles. The molecule has 0 fully saturated rings. The quantitative estimate of drug-likeness (QED) is 0.861. The Hall–Kier alpha value is -1.45. The second-order valence-corrected chi connectivity index (χ2v) is 4.55. The van der Waals surface area contributed by atoms with Crippen LogP contribution >= 0.6 is 0 Å². The molecule has 0 saturated carbocycles. The highest BCUT2D eigenvalue weighted by atomic mass is 19.1. The van der Waals surface area contributed by atoms with Gasteiger partial charge in [-0.15, -0.1) is 0 Å². The van der Waals surface area contributed by atoms with E-state index >= 15 is 0 Å². The van der Waals surface area contributed by atoms with Crippen LogP contribution < -0.4 is 5.32 Å². The summed E-state index contributed by atoms with van der Waals surface area (Å²) in [7, 11) is 0. The van der Waals surface area contributed by atoms with E-state index < -0.39 is 17.7 Å². The fraction of sp³-hybridized carbons (Fsp3) is 0.462. The molecule has 0 aromatic heterocycles. The Morgan fingerprint density at radius 1 is 1.29 bits per heavy atom. The van der Waals surface area contributed by atoms with E-state index in [-0.39, 0.29) is 11.8 Å². The average molecular weight is 241 g/mol. The Balaban J connectivity index is 2.69. The molecule has 0 radical (unpaired) electrons. The molecule has 0 saturated heterocycles. The van der Waals surface area contributed by atoms with Crippen LogP contribution in [0.4, 0.5) is 8.78 Å². The first-order chi connectivity index (χ1) is 7.90. The van der Waals surface area contributed by atoms with Crippen LogP contribution in [-0.2, 0) is 4.79 Å². The largest absolute Gasteiger partial charge is 0.349 e. The van der Waals surface area contributed by atoms with Gasteiger partial charge in [0.2, 0.25) is 5.91 Å². The van der Waals surface area contributed by atoms with Crippen molar-refractivity contribution in [2.75, 3.05) is 0 Å². The van der Waals surface area contributed by atoms with Crippen molar-refractivity contribution in [3.8, 4) is 0 Å². The molecule has 0 bridgehead atoms. The summed E-state index contributed by atoms with van der Waals surface area (Å²) in [4.78, 5) is 11.5. The van der Waals surface area contributed by atoms with E-state index in [4.69, 9.17) is 0 Å². The number of amides is 1. The average Bonchev–Trinajstić information content (AvgIpc) is 2.15. The SMILES string of the molecule is CC(C)CC(=O)NC(C)c1ccc(F)cc1F. The first kappa shape index (κ1) is 13.6. The number of rotatable bonds is 4. The van der Waals surface area contributed by atoms with Gasteiger partial charge < -0.3 is 5.32 Å². The zero-order valence-corrected chi connectivity index (χ0v) is 10.3. The number of hydrogen-bond acceptors (Lipinski definition) is 1. The van der Waals surface area contributed by atoms with Gasteiger partial charge in [0, 0.05) is 18.1 Å². The van der Waals surface area contributed by atoms with E-state index in [1.54, 1.807) is 6.92 Å². The highest BCUT2D eigenvalue weighted by Gasteiger charge is 2.14. The number of hydrogen-bond donors (Lipinski definition) is 1. The molecule has 0 spiro atoms. The summed E-state index contributed by atoms with van der Waals surface area (Å²) in [5.41, 5.74) is 0.295. The molecule has 0 aliphatic carbocycles. The highest BCUT2D eigenvalue weighted by Crippen LogP contribution is 2.18. The first-order valence-electron chi connectivity index (χ1n) is 5.64. The van der Waals surface area contributed by atoms with Crippen LogP contribution in [-0.4, -0.2) is 5.91 Å². The van der Waals surface area contributed by atoms with Crippen molar-refractivity contribution in [1.29, 1.82) is 0 Å². The molecular formula is C13H17F2NO. The Morgan fingerprint density at radius 2 is 1.94 bits per heavy atom. The van der Waals surface area contributed by atoms with Gasteiger partial charge in [-0.3, -0.25) is 4.79 Å². The standard InChI is InChI=1S/C13H17F2NO/c1-8(2)6-13(17)16-9(3)11-5-4-10(14)7-12(11)15/h4-5,7-9H,6H2,1-3H3,(H,16,17). The van der Waals surface area contributed by atoms with Crippen LogP contribution in [0.2, 0.25) is 0 Å². The monoisotopic (exact) mass is 241 g/mol. The van der Waals surface area contributed by atoms with E-state index in [2.05, 4.69) is 5.32 Å². The van der Waals surface area contributed by atoms with Crippen LogP contribution in [0.15, 0.2) is 18.2 Å². The summed E-state index contributed by atoms with van der Waals surface area (Å²) in [5, 5.41) is 2.69. The summed E-state index contributed by atoms with van der Waals surface area (Å²) < 4.78 is 26.1. The Bertz CT molecular complexity index is 404. The Morgan fingerprint density at radius 3 is 2.47 bits per heavy atom. The minimum Gasteiger partial charge on any atom is -0.349 e. The normalized spacial score (nSPS) is 12.6. The number of carbonyl (C=O) groups is 1. The van der Waals surface area contributed by atoms with Gasteiger partial charge in [-0.05, 0) is 18.9 Å². The third-order valence-electron chi connectivity index (χ3n) is 2.40. The number of carbonyl (C=O) groups excluding carboxylic acids is 1. The van der Waals surface area contributed by atoms with Crippen molar-refractivity contribution in [2.24, 2.45) is 5.92 Å². The fourth-order valence-corrected chi connectivity index (χ4v) is 1.60. The van der Waals surface area contributed by atoms with Gasteiger partial charge in [0.25, 0.3) is 0 Å². The predicted molar refractivity (Wildman–Crippen MR) is 62.4 cm³/mol. The molecule has 1 amide bonds. The van der Waals surface area contributed by atoms with Gasteiger partial charge >= 0.3 is 0 Å². The summed E-state index contributed by atoms with van der Waals surface area (Å²) in [5.74, 6) is -1.13. The second kappa shape index (κ2) is 5.75. The molecule has 0 heterocycles. The van der Waals surface area contributed by atoms with E-state index in [9.17, 15) is 13.6 Å². The predicted octanol–water partition coefficient (Wildman–Crippen LogP) is 3.19. The van der Waals surface area contributed by atoms with E-state index in [0.29, 0.717) is 12.0 Å². The third kappa shape index (κ3) is 4.13. The van der Waals surface area contributed by atoms with E-state index in [0.717, 1.165) is 6.07 Å². The van der Waals surface area contributed by atoms with Crippen molar-refractivity contribution in [3.63, 3.8) is 0 Å². The van der Waals surface area contributed by atoms with Crippen LogP contribution in [0.1, 0.15) is 38.8 Å². The smallest absolute Gasteiger partial charge is 0.220 e. The third-order valence-corrected chi connectivity index (χ3v) is 2.40. The Labute approximate surface area is 100 Å². The lowest BCUT2D eigenvalue weighted by molar-refractivity contribution is -0.122. The molecule has 1 rings (SSSR count). The Kier molecular flexibility index (Phi) is 4.61. The van der Waals surface area contributed by atoms with Crippen LogP contribution in [0, 0.1) is 17.6 Å². The molecule has 1 aromatic rings. The minimum atomic E-state index is -0.637. The van der Waals surface area contributed by atoms with Gasteiger partial charge in [0.1, 0.15) is 11.6 Å². The molecule has 1 N–H and O–H groups in total. The topological polar surface area (TPSA) is 29.1 Å². The molecule has 4 heteroatoms. The fourth-order valence-electron chi connectivity index (χ4n) is 1.60. The summed E-state index contributed by atoms with van der Waals surface area (Å²) in [6.07, 6.45) is 0.396. The lowest BCUT2D eigenvalue weighted by Crippen LogP contribution is -2.28. The summed E-state index contributed by atoms with van der Waals surface area (Å²) in [6.45, 7) is 5.54. The van der Waals surface area contributed by atoms with E-state index in [1.165, 1.54) is 12.1 Å². The molecule has 1 unspecified atom stereocenters. The van der Waals surface area contributed by atoms with Crippen LogP contribution in [0.3, 0.4) is 0 Å². The zero-order chi connectivity index (χ0) is 13.0. The van der Waals surface area contributed by atoms with E-state index in [1.807, 2.05) is 13.8 Å². The molecule has 0 aliphatic rings. The lowest BCUT2D eigenvalue weighted by Gasteiger charge is -2.16. The molecule has 1 atom stereocenters. The molecular weight excluding hydrogens is 224 g/mol. The van der Waals surface area contributed by atoms with Gasteiger partial charge in [0.05, 0.1) is 6.04 Å². The molecule has 2 nitrogen and oxygen atoms in total. The molecule has 17 heavy (non-hydrogen) atoms. The molecule has 1 aromatic carbocycles. The van der Waals surface area contributed by atoms with Gasteiger partial charge in [-0.25, -0.2) is 8.78 Å². The van der Waals surface area contributed by atoms with Crippen molar-refractivity contribution < 1.29 is 13.6 Å². The number of benzene rings is 1. The highest BCUT2D eigenvalue weighted by molar-refractivity contribution is 5.76. The zero-order valence-electron chi connectivity index (χ0n) is 10.3. The molecule has 94 valence electrons. The first-order valence-corrected chi connectivity index (χ1v) is 5.64. The maximum absolute atomic E-state index is 13.4. The minimum absolute atomic E-state index is 0.128. The number of nitrogens with one attached hydrogen (secondary N) is 1. The summed E-state index contributed by atoms with van der Waals surface area (Å²) in [6, 6.07) is 2.90. The van der Waals surface area contributed by atoms with Crippen LogP contribution in [0.5, 0.6) is 0 Å². The van der Waals surface area contributed by atoms with Crippen molar-refractivity contribution in [1.82, 2.24) is 5.32 Å². The van der Waals surface area contributed by atoms with Gasteiger partial charge in [-0.2, -0.15) is 0 Å². The number of halogens is 2. The van der Waals surface area contributed by atoms with Crippen molar-refractivity contribution in [2.45, 2.75) is 33.2 Å². The van der Waals surface area contributed by atoms with Crippen LogP contribution in [0.25, 0.3) is 0 Å². The second-order valence-electron chi connectivity index (χ2n) is 4.55. The summed E-state index contributed by atoms with van der Waals surface area (Å²) >= 11 is 0. The van der Waals surface area contributed by atoms with Crippen molar-refractivity contribution >= 4 is 5.91 Å². The van der Waals surface area contributed by atoms with Gasteiger partial charge in [0.15, 0.2) is 0 Å². The maximum Gasteiger partial charge on any atom is 0.220 e. The van der Waals surface area contributed by atoms with Gasteiger partial charge in [-0.1, -0.05) is 19.9 Å². The van der Waals surface area contributed by atoms with Crippen molar-refractivity contribution in [3.05, 3.63) is 35.4 Å².